The summed E-state index contributed by atoms with van der Waals surface area (Å²) in [6.45, 7) is 4.14. The molecule has 1 atom stereocenters. The van der Waals surface area contributed by atoms with Crippen molar-refractivity contribution in [3.63, 3.8) is 0 Å². The third-order valence-electron chi connectivity index (χ3n) is 2.35. The standard InChI is InChI=1S/C12H16N2/c1-9-5-12-4-3-11(6-10(2)13)8-14(12)7-9/h3-5,7-8,10H,6,13H2,1-2H3. The molecule has 0 bridgehead atoms. The van der Waals surface area contributed by atoms with Gasteiger partial charge in [0.05, 0.1) is 0 Å². The molecule has 0 aliphatic carbocycles. The highest BCUT2D eigenvalue weighted by molar-refractivity contribution is 5.50. The van der Waals surface area contributed by atoms with Gasteiger partial charge in [-0.25, -0.2) is 0 Å². The van der Waals surface area contributed by atoms with E-state index in [-0.39, 0.29) is 6.04 Å². The van der Waals surface area contributed by atoms with Crippen LogP contribution in [0.1, 0.15) is 18.1 Å². The molecule has 0 aromatic carbocycles. The summed E-state index contributed by atoms with van der Waals surface area (Å²) in [6, 6.07) is 6.70. The lowest BCUT2D eigenvalue weighted by Gasteiger charge is -2.05. The van der Waals surface area contributed by atoms with Crippen LogP contribution in [-0.2, 0) is 6.42 Å². The van der Waals surface area contributed by atoms with Crippen LogP contribution < -0.4 is 5.73 Å². The second-order valence-electron chi connectivity index (χ2n) is 4.07. The number of pyridine rings is 1. The van der Waals surface area contributed by atoms with Gasteiger partial charge in [-0.2, -0.15) is 0 Å². The molecule has 0 radical (unpaired) electrons. The van der Waals surface area contributed by atoms with Crippen LogP contribution in [0.5, 0.6) is 0 Å². The zero-order chi connectivity index (χ0) is 10.1. The minimum Gasteiger partial charge on any atom is -0.328 e. The van der Waals surface area contributed by atoms with Gasteiger partial charge in [0, 0.05) is 24.0 Å². The summed E-state index contributed by atoms with van der Waals surface area (Å²) in [5, 5.41) is 0. The van der Waals surface area contributed by atoms with Crippen molar-refractivity contribution in [1.29, 1.82) is 0 Å². The van der Waals surface area contributed by atoms with E-state index in [1.54, 1.807) is 0 Å². The van der Waals surface area contributed by atoms with Crippen molar-refractivity contribution in [2.24, 2.45) is 5.73 Å². The number of fused-ring (bicyclic) bond motifs is 1. The van der Waals surface area contributed by atoms with Crippen LogP contribution in [0.25, 0.3) is 5.52 Å². The van der Waals surface area contributed by atoms with E-state index in [9.17, 15) is 0 Å². The SMILES string of the molecule is Cc1cc2ccc(CC(C)N)cn2c1. The minimum absolute atomic E-state index is 0.226. The molecular weight excluding hydrogens is 172 g/mol. The van der Waals surface area contributed by atoms with E-state index >= 15 is 0 Å². The van der Waals surface area contributed by atoms with Crippen LogP contribution >= 0.6 is 0 Å². The van der Waals surface area contributed by atoms with Crippen molar-refractivity contribution in [2.75, 3.05) is 0 Å². The van der Waals surface area contributed by atoms with Crippen LogP contribution in [0.15, 0.2) is 30.6 Å². The second kappa shape index (κ2) is 3.46. The molecule has 0 aliphatic heterocycles. The molecular formula is C12H16N2. The summed E-state index contributed by atoms with van der Waals surface area (Å²) >= 11 is 0. The maximum absolute atomic E-state index is 5.76. The summed E-state index contributed by atoms with van der Waals surface area (Å²) in [4.78, 5) is 0. The average molecular weight is 188 g/mol. The highest BCUT2D eigenvalue weighted by atomic mass is 14.9. The largest absolute Gasteiger partial charge is 0.328 e. The van der Waals surface area contributed by atoms with Gasteiger partial charge in [0.2, 0.25) is 0 Å². The Morgan fingerprint density at radius 3 is 2.86 bits per heavy atom. The molecule has 2 N–H and O–H groups in total. The third-order valence-corrected chi connectivity index (χ3v) is 2.35. The van der Waals surface area contributed by atoms with Gasteiger partial charge in [0.1, 0.15) is 0 Å². The molecule has 0 saturated heterocycles. The summed E-state index contributed by atoms with van der Waals surface area (Å²) < 4.78 is 2.16. The number of nitrogens with two attached hydrogens (primary N) is 1. The van der Waals surface area contributed by atoms with Crippen LogP contribution in [-0.4, -0.2) is 10.4 Å². The first-order valence-corrected chi connectivity index (χ1v) is 4.98. The lowest BCUT2D eigenvalue weighted by molar-refractivity contribution is 0.735. The lowest BCUT2D eigenvalue weighted by Crippen LogP contribution is -2.17. The van der Waals surface area contributed by atoms with Gasteiger partial charge in [0.15, 0.2) is 0 Å². The molecule has 74 valence electrons. The fourth-order valence-electron chi connectivity index (χ4n) is 1.79. The number of aromatic nitrogens is 1. The van der Waals surface area contributed by atoms with Gasteiger partial charge >= 0.3 is 0 Å². The zero-order valence-electron chi connectivity index (χ0n) is 8.70. The summed E-state index contributed by atoms with van der Waals surface area (Å²) in [6.07, 6.45) is 5.23. The molecule has 0 saturated carbocycles. The van der Waals surface area contributed by atoms with Gasteiger partial charge in [0.25, 0.3) is 0 Å². The molecule has 0 amide bonds. The van der Waals surface area contributed by atoms with Gasteiger partial charge in [-0.15, -0.1) is 0 Å². The molecule has 0 aliphatic rings. The molecule has 0 spiro atoms. The topological polar surface area (TPSA) is 30.4 Å². The second-order valence-corrected chi connectivity index (χ2v) is 4.07. The highest BCUT2D eigenvalue weighted by Gasteiger charge is 2.00. The summed E-state index contributed by atoms with van der Waals surface area (Å²) in [7, 11) is 0. The first-order chi connectivity index (χ1) is 6.65. The Bertz CT molecular complexity index is 441. The van der Waals surface area contributed by atoms with E-state index in [0.29, 0.717) is 0 Å². The van der Waals surface area contributed by atoms with E-state index in [2.05, 4.69) is 41.9 Å². The first-order valence-electron chi connectivity index (χ1n) is 4.98. The smallest absolute Gasteiger partial charge is 0.0452 e. The fourth-order valence-corrected chi connectivity index (χ4v) is 1.79. The summed E-state index contributed by atoms with van der Waals surface area (Å²) in [5.41, 5.74) is 9.60. The van der Waals surface area contributed by atoms with Gasteiger partial charge in [-0.3, -0.25) is 0 Å². The van der Waals surface area contributed by atoms with Crippen molar-refractivity contribution >= 4 is 5.52 Å². The Kier molecular flexibility index (Phi) is 2.30. The molecule has 1 unspecified atom stereocenters. The Balaban J connectivity index is 2.40. The van der Waals surface area contributed by atoms with E-state index in [0.717, 1.165) is 6.42 Å². The lowest BCUT2D eigenvalue weighted by atomic mass is 10.1. The molecule has 2 rings (SSSR count). The maximum Gasteiger partial charge on any atom is 0.0452 e. The van der Waals surface area contributed by atoms with Crippen LogP contribution in [0, 0.1) is 6.92 Å². The molecule has 2 heteroatoms. The van der Waals surface area contributed by atoms with E-state index in [1.807, 2.05) is 6.92 Å². The molecule has 2 aromatic heterocycles. The Morgan fingerprint density at radius 1 is 1.36 bits per heavy atom. The number of aryl methyl sites for hydroxylation is 1. The summed E-state index contributed by atoms with van der Waals surface area (Å²) in [5.74, 6) is 0. The maximum atomic E-state index is 5.76. The van der Waals surface area contributed by atoms with Crippen LogP contribution in [0.3, 0.4) is 0 Å². The van der Waals surface area contributed by atoms with Crippen molar-refractivity contribution in [2.45, 2.75) is 26.3 Å². The molecule has 2 heterocycles. The van der Waals surface area contributed by atoms with Crippen molar-refractivity contribution in [1.82, 2.24) is 4.40 Å². The van der Waals surface area contributed by atoms with Crippen LogP contribution in [0.2, 0.25) is 0 Å². The fraction of sp³-hybridized carbons (Fsp3) is 0.333. The highest BCUT2D eigenvalue weighted by Crippen LogP contribution is 2.11. The van der Waals surface area contributed by atoms with Gasteiger partial charge < -0.3 is 10.1 Å². The minimum atomic E-state index is 0.226. The Morgan fingerprint density at radius 2 is 2.14 bits per heavy atom. The molecule has 2 nitrogen and oxygen atoms in total. The zero-order valence-corrected chi connectivity index (χ0v) is 8.70. The molecule has 0 fully saturated rings. The quantitative estimate of drug-likeness (QED) is 0.769. The molecule has 2 aromatic rings. The molecule has 14 heavy (non-hydrogen) atoms. The van der Waals surface area contributed by atoms with Crippen molar-refractivity contribution in [3.05, 3.63) is 41.7 Å². The van der Waals surface area contributed by atoms with Gasteiger partial charge in [-0.05, 0) is 43.5 Å². The van der Waals surface area contributed by atoms with Crippen molar-refractivity contribution in [3.8, 4) is 0 Å². The monoisotopic (exact) mass is 188 g/mol. The predicted octanol–water partition coefficient (Wildman–Crippen LogP) is 2.14. The predicted molar refractivity (Wildman–Crippen MR) is 59.5 cm³/mol. The Hall–Kier alpha value is -1.28. The van der Waals surface area contributed by atoms with Crippen LogP contribution in [0.4, 0.5) is 0 Å². The first kappa shape index (κ1) is 9.28. The Labute approximate surface area is 84.3 Å². The number of nitrogens with zero attached hydrogens (tertiary/aromatic N) is 1. The van der Waals surface area contributed by atoms with E-state index < -0.39 is 0 Å². The number of hydrogen-bond donors (Lipinski definition) is 1. The number of rotatable bonds is 2. The van der Waals surface area contributed by atoms with E-state index in [1.165, 1.54) is 16.6 Å². The average Bonchev–Trinajstić information content (AvgIpc) is 2.42. The number of hydrogen-bond acceptors (Lipinski definition) is 1. The van der Waals surface area contributed by atoms with Gasteiger partial charge in [-0.1, -0.05) is 6.07 Å². The normalized spacial score (nSPS) is 13.4. The van der Waals surface area contributed by atoms with E-state index in [4.69, 9.17) is 5.73 Å². The third kappa shape index (κ3) is 1.80. The van der Waals surface area contributed by atoms with Crippen molar-refractivity contribution < 1.29 is 0 Å².